The van der Waals surface area contributed by atoms with Crippen LogP contribution in [-0.4, -0.2) is 34.7 Å². The smallest absolute Gasteiger partial charge is 0.269 e. The van der Waals surface area contributed by atoms with Gasteiger partial charge in [-0.3, -0.25) is 24.6 Å². The Morgan fingerprint density at radius 2 is 1.90 bits per heavy atom. The van der Waals surface area contributed by atoms with Crippen molar-refractivity contribution in [3.05, 3.63) is 75.8 Å². The van der Waals surface area contributed by atoms with Crippen LogP contribution < -0.4 is 10.3 Å². The minimum absolute atomic E-state index is 0.199. The molecule has 1 aliphatic heterocycles. The van der Waals surface area contributed by atoms with Gasteiger partial charge in [0.25, 0.3) is 17.7 Å². The van der Waals surface area contributed by atoms with Gasteiger partial charge in [0.15, 0.2) is 0 Å². The molecule has 0 radical (unpaired) electrons. The number of hydrazine groups is 1. The number of rotatable bonds is 4. The summed E-state index contributed by atoms with van der Waals surface area (Å²) in [6, 6.07) is 9.72. The van der Waals surface area contributed by atoms with Crippen LogP contribution in [0.5, 0.6) is 0 Å². The van der Waals surface area contributed by atoms with E-state index < -0.39 is 29.7 Å². The van der Waals surface area contributed by atoms with Gasteiger partial charge in [-0.15, -0.1) is 0 Å². The number of benzene rings is 2. The zero-order valence-electron chi connectivity index (χ0n) is 16.8. The van der Waals surface area contributed by atoms with Gasteiger partial charge in [0.1, 0.15) is 6.04 Å². The highest BCUT2D eigenvalue weighted by molar-refractivity contribution is 6.32. The highest BCUT2D eigenvalue weighted by atomic mass is 35.5. The SMILES string of the molecule is CC=CC(=O)N(NC(=O)c1cccc(Cl)c1)C1CC(=O)N(c2ccc(C)c(Cl)c2)C1=O. The molecule has 1 unspecified atom stereocenters. The van der Waals surface area contributed by atoms with Gasteiger partial charge < -0.3 is 0 Å². The molecule has 0 saturated carbocycles. The number of amides is 4. The zero-order chi connectivity index (χ0) is 22.7. The van der Waals surface area contributed by atoms with Gasteiger partial charge in [-0.1, -0.05) is 41.4 Å². The molecule has 1 heterocycles. The van der Waals surface area contributed by atoms with E-state index in [2.05, 4.69) is 5.43 Å². The molecule has 1 fully saturated rings. The van der Waals surface area contributed by atoms with E-state index in [0.29, 0.717) is 15.7 Å². The van der Waals surface area contributed by atoms with Gasteiger partial charge in [0, 0.05) is 21.7 Å². The lowest BCUT2D eigenvalue weighted by Crippen LogP contribution is -2.54. The maximum absolute atomic E-state index is 13.1. The number of carbonyl (C=O) groups is 4. The van der Waals surface area contributed by atoms with Crippen molar-refractivity contribution in [3.8, 4) is 0 Å². The van der Waals surface area contributed by atoms with Gasteiger partial charge in [-0.25, -0.2) is 9.91 Å². The summed E-state index contributed by atoms with van der Waals surface area (Å²) in [6.45, 7) is 3.42. The summed E-state index contributed by atoms with van der Waals surface area (Å²) < 4.78 is 0. The van der Waals surface area contributed by atoms with Crippen molar-refractivity contribution in [1.29, 1.82) is 0 Å². The predicted molar refractivity (Wildman–Crippen MR) is 118 cm³/mol. The van der Waals surface area contributed by atoms with Gasteiger partial charge in [-0.2, -0.15) is 0 Å². The summed E-state index contributed by atoms with van der Waals surface area (Å²) >= 11 is 12.1. The molecule has 3 rings (SSSR count). The van der Waals surface area contributed by atoms with E-state index in [0.717, 1.165) is 15.5 Å². The molecule has 0 aromatic heterocycles. The van der Waals surface area contributed by atoms with Gasteiger partial charge in [0.05, 0.1) is 12.1 Å². The van der Waals surface area contributed by atoms with Crippen LogP contribution in [0.15, 0.2) is 54.6 Å². The number of halogens is 2. The van der Waals surface area contributed by atoms with Crippen molar-refractivity contribution in [2.75, 3.05) is 4.90 Å². The third kappa shape index (κ3) is 4.78. The van der Waals surface area contributed by atoms with Crippen LogP contribution >= 0.6 is 23.2 Å². The molecule has 0 spiro atoms. The second-order valence-corrected chi connectivity index (χ2v) is 7.72. The van der Waals surface area contributed by atoms with Crippen molar-refractivity contribution < 1.29 is 19.2 Å². The number of anilines is 1. The molecule has 2 aromatic carbocycles. The Kier molecular flexibility index (Phi) is 6.77. The first-order chi connectivity index (χ1) is 14.7. The van der Waals surface area contributed by atoms with Crippen LogP contribution in [-0.2, 0) is 14.4 Å². The van der Waals surface area contributed by atoms with Gasteiger partial charge >= 0.3 is 0 Å². The molecule has 4 amide bonds. The Morgan fingerprint density at radius 1 is 1.16 bits per heavy atom. The number of hydrogen-bond donors (Lipinski definition) is 1. The number of hydrogen-bond acceptors (Lipinski definition) is 4. The number of carbonyl (C=O) groups excluding carboxylic acids is 4. The van der Waals surface area contributed by atoms with Crippen molar-refractivity contribution in [2.24, 2.45) is 0 Å². The third-order valence-corrected chi connectivity index (χ3v) is 5.35. The quantitative estimate of drug-likeness (QED) is 0.429. The fourth-order valence-electron chi connectivity index (χ4n) is 3.12. The summed E-state index contributed by atoms with van der Waals surface area (Å²) in [7, 11) is 0. The van der Waals surface area contributed by atoms with Crippen LogP contribution in [0.4, 0.5) is 5.69 Å². The van der Waals surface area contributed by atoms with Crippen molar-refractivity contribution >= 4 is 52.5 Å². The third-order valence-electron chi connectivity index (χ3n) is 4.70. The number of imide groups is 1. The summed E-state index contributed by atoms with van der Waals surface area (Å²) in [5.74, 6) is -2.44. The largest absolute Gasteiger partial charge is 0.274 e. The molecule has 9 heteroatoms. The average Bonchev–Trinajstić information content (AvgIpc) is 3.02. The van der Waals surface area contributed by atoms with Crippen LogP contribution in [0.2, 0.25) is 10.0 Å². The van der Waals surface area contributed by atoms with E-state index in [1.54, 1.807) is 38.1 Å². The van der Waals surface area contributed by atoms with Crippen LogP contribution in [0.3, 0.4) is 0 Å². The lowest BCUT2D eigenvalue weighted by molar-refractivity contribution is -0.137. The number of allylic oxidation sites excluding steroid dienone is 1. The molecule has 0 aliphatic carbocycles. The molecule has 160 valence electrons. The van der Waals surface area contributed by atoms with E-state index >= 15 is 0 Å². The highest BCUT2D eigenvalue weighted by Crippen LogP contribution is 2.29. The average molecular weight is 460 g/mol. The molecule has 2 aromatic rings. The Bertz CT molecular complexity index is 1100. The molecular formula is C22H19Cl2N3O4. The van der Waals surface area contributed by atoms with Crippen molar-refractivity contribution in [3.63, 3.8) is 0 Å². The summed E-state index contributed by atoms with van der Waals surface area (Å²) in [5.41, 5.74) is 3.73. The molecule has 1 aliphatic rings. The van der Waals surface area contributed by atoms with E-state index in [-0.39, 0.29) is 12.0 Å². The zero-order valence-corrected chi connectivity index (χ0v) is 18.3. The summed E-state index contributed by atoms with van der Waals surface area (Å²) in [6.07, 6.45) is 2.38. The lowest BCUT2D eigenvalue weighted by Gasteiger charge is -2.27. The molecule has 31 heavy (non-hydrogen) atoms. The Hall–Kier alpha value is -3.16. The van der Waals surface area contributed by atoms with E-state index in [4.69, 9.17) is 23.2 Å². The minimum atomic E-state index is -1.21. The number of aryl methyl sites for hydroxylation is 1. The monoisotopic (exact) mass is 459 g/mol. The van der Waals surface area contributed by atoms with Crippen molar-refractivity contribution in [1.82, 2.24) is 10.4 Å². The maximum atomic E-state index is 13.1. The Morgan fingerprint density at radius 3 is 2.55 bits per heavy atom. The first-order valence-corrected chi connectivity index (χ1v) is 10.1. The van der Waals surface area contributed by atoms with Gasteiger partial charge in [-0.05, 0) is 49.7 Å². The van der Waals surface area contributed by atoms with E-state index in [1.807, 2.05) is 0 Å². The minimum Gasteiger partial charge on any atom is -0.274 e. The molecular weight excluding hydrogens is 441 g/mol. The van der Waals surface area contributed by atoms with E-state index in [9.17, 15) is 19.2 Å². The molecule has 1 saturated heterocycles. The maximum Gasteiger partial charge on any atom is 0.269 e. The standard InChI is InChI=1S/C22H19Cl2N3O4/c1-3-5-19(28)27(25-21(30)14-6-4-7-15(23)10-14)18-12-20(29)26(22(18)31)16-9-8-13(2)17(24)11-16/h3-11,18H,12H2,1-2H3,(H,25,30). The van der Waals surface area contributed by atoms with Crippen LogP contribution in [0.25, 0.3) is 0 Å². The lowest BCUT2D eigenvalue weighted by atomic mass is 10.2. The van der Waals surface area contributed by atoms with Crippen LogP contribution in [0.1, 0.15) is 29.3 Å². The fourth-order valence-corrected chi connectivity index (χ4v) is 3.49. The molecule has 0 bridgehead atoms. The highest BCUT2D eigenvalue weighted by Gasteiger charge is 2.45. The van der Waals surface area contributed by atoms with Gasteiger partial charge in [0.2, 0.25) is 5.91 Å². The first kappa shape index (κ1) is 22.5. The second-order valence-electron chi connectivity index (χ2n) is 6.88. The normalized spacial score (nSPS) is 16.1. The first-order valence-electron chi connectivity index (χ1n) is 9.38. The summed E-state index contributed by atoms with van der Waals surface area (Å²) in [5, 5.41) is 1.62. The Labute approximate surface area is 189 Å². The second kappa shape index (κ2) is 9.32. The fraction of sp³-hybridized carbons (Fsp3) is 0.182. The topological polar surface area (TPSA) is 86.8 Å². The molecule has 1 atom stereocenters. The molecule has 1 N–H and O–H groups in total. The number of nitrogens with zero attached hydrogens (tertiary/aromatic N) is 2. The number of nitrogens with one attached hydrogen (secondary N) is 1. The molecule has 7 nitrogen and oxygen atoms in total. The van der Waals surface area contributed by atoms with E-state index in [1.165, 1.54) is 30.4 Å². The van der Waals surface area contributed by atoms with Crippen LogP contribution in [0, 0.1) is 6.92 Å². The predicted octanol–water partition coefficient (Wildman–Crippen LogP) is 3.68. The Balaban J connectivity index is 1.91. The van der Waals surface area contributed by atoms with Crippen molar-refractivity contribution in [2.45, 2.75) is 26.3 Å². The summed E-state index contributed by atoms with van der Waals surface area (Å²) in [4.78, 5) is 52.1.